The maximum absolute atomic E-state index is 11.6. The topological polar surface area (TPSA) is 57.6 Å². The van der Waals surface area contributed by atoms with Crippen molar-refractivity contribution < 1.29 is 14.7 Å². The van der Waals surface area contributed by atoms with Crippen molar-refractivity contribution in [3.05, 3.63) is 0 Å². The molecule has 5 heteroatoms. The lowest BCUT2D eigenvalue weighted by Crippen LogP contribution is -2.36. The molecule has 0 aromatic heterocycles. The number of hydrogen-bond acceptors (Lipinski definition) is 3. The lowest BCUT2D eigenvalue weighted by molar-refractivity contribution is -0.137. The molecule has 88 valence electrons. The van der Waals surface area contributed by atoms with Crippen molar-refractivity contribution in [1.82, 2.24) is 4.90 Å². The highest BCUT2D eigenvalue weighted by molar-refractivity contribution is 7.98. The number of aliphatic carboxylic acids is 1. The summed E-state index contributed by atoms with van der Waals surface area (Å²) in [5.41, 5.74) is 0. The highest BCUT2D eigenvalue weighted by Crippen LogP contribution is 2.07. The number of thioether (sulfide) groups is 1. The summed E-state index contributed by atoms with van der Waals surface area (Å²) in [4.78, 5) is 23.5. The summed E-state index contributed by atoms with van der Waals surface area (Å²) in [6.45, 7) is 1.99. The SMILES string of the molecule is CSCC(C)N(C)C(=O)CCCC(=O)O. The van der Waals surface area contributed by atoms with Gasteiger partial charge in [0.2, 0.25) is 5.91 Å². The molecule has 1 unspecified atom stereocenters. The van der Waals surface area contributed by atoms with Gasteiger partial charge in [-0.3, -0.25) is 9.59 Å². The fourth-order valence-electron chi connectivity index (χ4n) is 1.17. The Labute approximate surface area is 95.0 Å². The van der Waals surface area contributed by atoms with Crippen molar-refractivity contribution in [3.8, 4) is 0 Å². The molecule has 0 spiro atoms. The number of carbonyl (C=O) groups excluding carboxylic acids is 1. The Hall–Kier alpha value is -0.710. The largest absolute Gasteiger partial charge is 0.481 e. The maximum atomic E-state index is 11.6. The molecule has 0 rings (SSSR count). The predicted octanol–water partition coefficient (Wildman–Crippen LogP) is 1.45. The van der Waals surface area contributed by atoms with Crippen LogP contribution in [0.3, 0.4) is 0 Å². The van der Waals surface area contributed by atoms with Crippen LogP contribution in [0.4, 0.5) is 0 Å². The summed E-state index contributed by atoms with van der Waals surface area (Å²) < 4.78 is 0. The van der Waals surface area contributed by atoms with Crippen molar-refractivity contribution in [2.45, 2.75) is 32.2 Å². The van der Waals surface area contributed by atoms with Crippen LogP contribution in [0, 0.1) is 0 Å². The van der Waals surface area contributed by atoms with Crippen LogP contribution in [0.5, 0.6) is 0 Å². The van der Waals surface area contributed by atoms with E-state index in [4.69, 9.17) is 5.11 Å². The second-order valence-corrected chi connectivity index (χ2v) is 4.47. The standard InChI is InChI=1S/C10H19NO3S/c1-8(7-15-3)11(2)9(12)5-4-6-10(13)14/h8H,4-7H2,1-3H3,(H,13,14). The second-order valence-electron chi connectivity index (χ2n) is 3.56. The molecule has 1 N–H and O–H groups in total. The Morgan fingerprint density at radius 1 is 1.40 bits per heavy atom. The summed E-state index contributed by atoms with van der Waals surface area (Å²) in [7, 11) is 1.77. The molecule has 15 heavy (non-hydrogen) atoms. The van der Waals surface area contributed by atoms with Crippen LogP contribution in [0.15, 0.2) is 0 Å². The van der Waals surface area contributed by atoms with Gasteiger partial charge in [0, 0.05) is 31.7 Å². The van der Waals surface area contributed by atoms with Crippen molar-refractivity contribution >= 4 is 23.6 Å². The molecule has 0 saturated heterocycles. The van der Waals surface area contributed by atoms with Crippen LogP contribution in [0.1, 0.15) is 26.2 Å². The summed E-state index contributed by atoms with van der Waals surface area (Å²) in [5, 5.41) is 8.43. The number of hydrogen-bond donors (Lipinski definition) is 1. The van der Waals surface area contributed by atoms with Gasteiger partial charge in [-0.1, -0.05) is 0 Å². The van der Waals surface area contributed by atoms with E-state index >= 15 is 0 Å². The first-order valence-electron chi connectivity index (χ1n) is 4.95. The van der Waals surface area contributed by atoms with E-state index in [1.165, 1.54) is 0 Å². The number of carboxylic acids is 1. The molecule has 0 saturated carbocycles. The zero-order valence-corrected chi connectivity index (χ0v) is 10.3. The maximum Gasteiger partial charge on any atom is 0.303 e. The number of carbonyl (C=O) groups is 2. The van der Waals surface area contributed by atoms with Gasteiger partial charge < -0.3 is 10.0 Å². The molecule has 1 atom stereocenters. The first-order chi connectivity index (χ1) is 6.99. The quantitative estimate of drug-likeness (QED) is 0.723. The van der Waals surface area contributed by atoms with Gasteiger partial charge >= 0.3 is 5.97 Å². The predicted molar refractivity (Wildman–Crippen MR) is 62.1 cm³/mol. The monoisotopic (exact) mass is 233 g/mol. The van der Waals surface area contributed by atoms with E-state index in [1.807, 2.05) is 13.2 Å². The number of rotatable bonds is 7. The Kier molecular flexibility index (Phi) is 7.21. The van der Waals surface area contributed by atoms with Crippen molar-refractivity contribution in [2.75, 3.05) is 19.1 Å². The Morgan fingerprint density at radius 3 is 2.47 bits per heavy atom. The van der Waals surface area contributed by atoms with E-state index in [1.54, 1.807) is 23.7 Å². The Morgan fingerprint density at radius 2 is 2.00 bits per heavy atom. The molecule has 0 aliphatic heterocycles. The van der Waals surface area contributed by atoms with Gasteiger partial charge in [0.05, 0.1) is 0 Å². The summed E-state index contributed by atoms with van der Waals surface area (Å²) in [6, 6.07) is 0.206. The van der Waals surface area contributed by atoms with Gasteiger partial charge in [0.25, 0.3) is 0 Å². The van der Waals surface area contributed by atoms with Gasteiger partial charge in [0.1, 0.15) is 0 Å². The minimum atomic E-state index is -0.845. The molecular weight excluding hydrogens is 214 g/mol. The van der Waals surface area contributed by atoms with E-state index in [0.29, 0.717) is 12.8 Å². The molecule has 1 amide bonds. The van der Waals surface area contributed by atoms with E-state index < -0.39 is 5.97 Å². The first kappa shape index (κ1) is 14.3. The zero-order chi connectivity index (χ0) is 11.8. The van der Waals surface area contributed by atoms with Crippen LogP contribution >= 0.6 is 11.8 Å². The van der Waals surface area contributed by atoms with Crippen LogP contribution < -0.4 is 0 Å². The van der Waals surface area contributed by atoms with Gasteiger partial charge in [-0.25, -0.2) is 0 Å². The molecule has 0 aliphatic carbocycles. The molecule has 0 radical (unpaired) electrons. The van der Waals surface area contributed by atoms with Crippen molar-refractivity contribution in [1.29, 1.82) is 0 Å². The summed E-state index contributed by atoms with van der Waals surface area (Å²) in [5.74, 6) is 0.0849. The molecule has 0 fully saturated rings. The highest BCUT2D eigenvalue weighted by atomic mass is 32.2. The third-order valence-corrected chi connectivity index (χ3v) is 3.06. The van der Waals surface area contributed by atoms with E-state index in [0.717, 1.165) is 5.75 Å². The van der Waals surface area contributed by atoms with E-state index in [2.05, 4.69) is 0 Å². The third-order valence-electron chi connectivity index (χ3n) is 2.24. The lowest BCUT2D eigenvalue weighted by Gasteiger charge is -2.24. The fourth-order valence-corrected chi connectivity index (χ4v) is 1.87. The van der Waals surface area contributed by atoms with E-state index in [-0.39, 0.29) is 18.4 Å². The smallest absolute Gasteiger partial charge is 0.303 e. The second kappa shape index (κ2) is 7.56. The average Bonchev–Trinajstić information content (AvgIpc) is 2.16. The number of amides is 1. The fraction of sp³-hybridized carbons (Fsp3) is 0.800. The molecule has 4 nitrogen and oxygen atoms in total. The van der Waals surface area contributed by atoms with Gasteiger partial charge in [-0.05, 0) is 19.6 Å². The normalized spacial score (nSPS) is 12.2. The van der Waals surface area contributed by atoms with Gasteiger partial charge in [-0.2, -0.15) is 11.8 Å². The van der Waals surface area contributed by atoms with Crippen LogP contribution in [-0.2, 0) is 9.59 Å². The van der Waals surface area contributed by atoms with Crippen molar-refractivity contribution in [3.63, 3.8) is 0 Å². The minimum absolute atomic E-state index is 0.0257. The molecular formula is C10H19NO3S. The van der Waals surface area contributed by atoms with Gasteiger partial charge in [0.15, 0.2) is 0 Å². The Balaban J connectivity index is 3.83. The zero-order valence-electron chi connectivity index (χ0n) is 9.52. The highest BCUT2D eigenvalue weighted by Gasteiger charge is 2.14. The molecule has 0 heterocycles. The summed E-state index contributed by atoms with van der Waals surface area (Å²) in [6.07, 6.45) is 2.81. The first-order valence-corrected chi connectivity index (χ1v) is 6.34. The lowest BCUT2D eigenvalue weighted by atomic mass is 10.2. The van der Waals surface area contributed by atoms with E-state index in [9.17, 15) is 9.59 Å². The summed E-state index contributed by atoms with van der Waals surface area (Å²) >= 11 is 1.70. The Bertz CT molecular complexity index is 221. The minimum Gasteiger partial charge on any atom is -0.481 e. The van der Waals surface area contributed by atoms with Gasteiger partial charge in [-0.15, -0.1) is 0 Å². The third kappa shape index (κ3) is 6.38. The average molecular weight is 233 g/mol. The van der Waals surface area contributed by atoms with Crippen LogP contribution in [-0.4, -0.2) is 47.0 Å². The van der Waals surface area contributed by atoms with Crippen LogP contribution in [0.25, 0.3) is 0 Å². The molecule has 0 aliphatic rings. The van der Waals surface area contributed by atoms with Crippen LogP contribution in [0.2, 0.25) is 0 Å². The number of nitrogens with zero attached hydrogens (tertiary/aromatic N) is 1. The molecule has 0 aromatic carbocycles. The van der Waals surface area contributed by atoms with Crippen molar-refractivity contribution in [2.24, 2.45) is 0 Å². The molecule has 0 aromatic rings. The number of carboxylic acid groups (broad SMARTS) is 1. The molecule has 0 bridgehead atoms.